The van der Waals surface area contributed by atoms with Gasteiger partial charge >= 0.3 is 0 Å². The van der Waals surface area contributed by atoms with Gasteiger partial charge < -0.3 is 5.11 Å². The van der Waals surface area contributed by atoms with E-state index in [9.17, 15) is 9.50 Å². The molecule has 1 nitrogen and oxygen atoms in total. The van der Waals surface area contributed by atoms with Crippen molar-refractivity contribution in [2.24, 2.45) is 0 Å². The third-order valence-corrected chi connectivity index (χ3v) is 5.93. The lowest BCUT2D eigenvalue weighted by atomic mass is 10.1. The molecule has 1 N–H and O–H groups in total. The van der Waals surface area contributed by atoms with Crippen LogP contribution in [0.25, 0.3) is 0 Å². The predicted octanol–water partition coefficient (Wildman–Crippen LogP) is 4.95. The quantitative estimate of drug-likeness (QED) is 0.773. The van der Waals surface area contributed by atoms with Crippen molar-refractivity contribution in [2.45, 2.75) is 37.0 Å². The Morgan fingerprint density at radius 2 is 2.11 bits per heavy atom. The van der Waals surface area contributed by atoms with Crippen LogP contribution in [-0.2, 0) is 0 Å². The van der Waals surface area contributed by atoms with Gasteiger partial charge in [-0.1, -0.05) is 30.5 Å². The highest BCUT2D eigenvalue weighted by Crippen LogP contribution is 2.35. The molecule has 1 atom stereocenters. The molecule has 18 heavy (non-hydrogen) atoms. The molecule has 0 heterocycles. The summed E-state index contributed by atoms with van der Waals surface area (Å²) >= 11 is 10.7. The maximum atomic E-state index is 13.9. The van der Waals surface area contributed by atoms with Crippen LogP contribution in [0.15, 0.2) is 16.6 Å². The van der Waals surface area contributed by atoms with Crippen molar-refractivity contribution in [1.29, 1.82) is 0 Å². The summed E-state index contributed by atoms with van der Waals surface area (Å²) in [5, 5.41) is 10.7. The minimum absolute atomic E-state index is 0.0393. The molecule has 0 radical (unpaired) electrons. The summed E-state index contributed by atoms with van der Waals surface area (Å²) in [7, 11) is 0. The molecule has 100 valence electrons. The van der Waals surface area contributed by atoms with E-state index >= 15 is 0 Å². The van der Waals surface area contributed by atoms with Crippen molar-refractivity contribution >= 4 is 39.3 Å². The molecule has 0 spiro atoms. The fourth-order valence-electron chi connectivity index (χ4n) is 2.17. The van der Waals surface area contributed by atoms with E-state index in [1.54, 1.807) is 23.9 Å². The van der Waals surface area contributed by atoms with Crippen LogP contribution in [0.2, 0.25) is 5.02 Å². The van der Waals surface area contributed by atoms with Gasteiger partial charge in [0.15, 0.2) is 0 Å². The van der Waals surface area contributed by atoms with Gasteiger partial charge in [0.2, 0.25) is 0 Å². The summed E-state index contributed by atoms with van der Waals surface area (Å²) in [6.45, 7) is 0. The van der Waals surface area contributed by atoms with Crippen LogP contribution in [0.5, 0.6) is 0 Å². The summed E-state index contributed by atoms with van der Waals surface area (Å²) in [5.41, 5.74) is 0.286. The minimum atomic E-state index is -0.791. The van der Waals surface area contributed by atoms with Crippen molar-refractivity contribution < 1.29 is 9.50 Å². The van der Waals surface area contributed by atoms with Crippen LogP contribution in [0, 0.1) is 5.82 Å². The van der Waals surface area contributed by atoms with Gasteiger partial charge in [-0.3, -0.25) is 0 Å². The molecule has 1 saturated carbocycles. The second-order valence-electron chi connectivity index (χ2n) is 4.52. The zero-order valence-corrected chi connectivity index (χ0v) is 13.0. The van der Waals surface area contributed by atoms with Crippen LogP contribution >= 0.6 is 39.3 Å². The van der Waals surface area contributed by atoms with Gasteiger partial charge in [0.1, 0.15) is 5.82 Å². The fraction of sp³-hybridized carbons (Fsp3) is 0.538. The Labute approximate surface area is 124 Å². The van der Waals surface area contributed by atoms with Gasteiger partial charge in [-0.25, -0.2) is 4.39 Å². The Balaban J connectivity index is 1.99. The molecule has 2 rings (SSSR count). The lowest BCUT2D eigenvalue weighted by Gasteiger charge is -2.15. The minimum Gasteiger partial charge on any atom is -0.387 e. The molecule has 0 amide bonds. The number of halogens is 3. The average molecular weight is 354 g/mol. The van der Waals surface area contributed by atoms with Crippen LogP contribution in [0.4, 0.5) is 4.39 Å². The van der Waals surface area contributed by atoms with Gasteiger partial charge in [-0.15, -0.1) is 0 Å². The highest BCUT2D eigenvalue weighted by atomic mass is 79.9. The van der Waals surface area contributed by atoms with Crippen molar-refractivity contribution in [1.82, 2.24) is 0 Å². The summed E-state index contributed by atoms with van der Waals surface area (Å²) in [6.07, 6.45) is 4.17. The SMILES string of the molecule is OC(CSC1CCCC1)c1ccc(Br)c(Cl)c1F. The molecule has 0 saturated heterocycles. The third kappa shape index (κ3) is 3.41. The number of benzene rings is 1. The highest BCUT2D eigenvalue weighted by molar-refractivity contribution is 9.10. The van der Waals surface area contributed by atoms with Gasteiger partial charge in [-0.2, -0.15) is 11.8 Å². The van der Waals surface area contributed by atoms with E-state index < -0.39 is 11.9 Å². The van der Waals surface area contributed by atoms with Crippen LogP contribution < -0.4 is 0 Å². The van der Waals surface area contributed by atoms with Gasteiger partial charge in [0.25, 0.3) is 0 Å². The summed E-state index contributed by atoms with van der Waals surface area (Å²) in [5.74, 6) is 0.00470. The number of aliphatic hydroxyl groups excluding tert-OH is 1. The molecular formula is C13H15BrClFOS. The normalized spacial score (nSPS) is 18.2. The molecule has 1 aliphatic carbocycles. The third-order valence-electron chi connectivity index (χ3n) is 3.22. The van der Waals surface area contributed by atoms with Crippen molar-refractivity contribution in [3.63, 3.8) is 0 Å². The molecule has 1 fully saturated rings. The second kappa shape index (κ2) is 6.60. The predicted molar refractivity (Wildman–Crippen MR) is 78.8 cm³/mol. The average Bonchev–Trinajstić information content (AvgIpc) is 2.86. The van der Waals surface area contributed by atoms with Crippen molar-refractivity contribution in [2.75, 3.05) is 5.75 Å². The van der Waals surface area contributed by atoms with Crippen LogP contribution in [-0.4, -0.2) is 16.1 Å². The standard InChI is InChI=1S/C13H15BrClFOS/c14-10-6-5-9(13(16)12(10)15)11(17)7-18-8-3-1-2-4-8/h5-6,8,11,17H,1-4,7H2. The van der Waals surface area contributed by atoms with E-state index in [2.05, 4.69) is 15.9 Å². The maximum absolute atomic E-state index is 13.9. The first kappa shape index (κ1) is 14.6. The molecule has 0 aromatic heterocycles. The largest absolute Gasteiger partial charge is 0.387 e. The van der Waals surface area contributed by atoms with Gasteiger partial charge in [0.05, 0.1) is 11.1 Å². The van der Waals surface area contributed by atoms with E-state index in [1.165, 1.54) is 25.7 Å². The first-order valence-corrected chi connectivity index (χ1v) is 8.24. The first-order valence-electron chi connectivity index (χ1n) is 6.02. The van der Waals surface area contributed by atoms with Crippen molar-refractivity contribution in [3.05, 3.63) is 33.0 Å². The molecule has 1 aromatic rings. The van der Waals surface area contributed by atoms with E-state index in [4.69, 9.17) is 11.6 Å². The number of hydrogen-bond donors (Lipinski definition) is 1. The Bertz CT molecular complexity index is 424. The number of hydrogen-bond acceptors (Lipinski definition) is 2. The number of rotatable bonds is 4. The lowest BCUT2D eigenvalue weighted by Crippen LogP contribution is -2.07. The Hall–Kier alpha value is 0.230. The van der Waals surface area contributed by atoms with Gasteiger partial charge in [0, 0.05) is 21.0 Å². The molecule has 0 bridgehead atoms. The Morgan fingerprint density at radius 3 is 2.78 bits per heavy atom. The van der Waals surface area contributed by atoms with E-state index in [-0.39, 0.29) is 10.6 Å². The molecule has 1 aliphatic rings. The smallest absolute Gasteiger partial charge is 0.148 e. The zero-order valence-electron chi connectivity index (χ0n) is 9.83. The van der Waals surface area contributed by atoms with E-state index in [0.29, 0.717) is 15.5 Å². The summed E-state index contributed by atoms with van der Waals surface area (Å²) < 4.78 is 14.4. The molecule has 5 heteroatoms. The molecule has 1 aromatic carbocycles. The maximum Gasteiger partial charge on any atom is 0.148 e. The number of thioether (sulfide) groups is 1. The topological polar surface area (TPSA) is 20.2 Å². The Morgan fingerprint density at radius 1 is 1.44 bits per heavy atom. The zero-order chi connectivity index (χ0) is 13.1. The van der Waals surface area contributed by atoms with Crippen LogP contribution in [0.3, 0.4) is 0 Å². The van der Waals surface area contributed by atoms with E-state index in [0.717, 1.165) is 0 Å². The monoisotopic (exact) mass is 352 g/mol. The molecule has 0 aliphatic heterocycles. The van der Waals surface area contributed by atoms with Crippen molar-refractivity contribution in [3.8, 4) is 0 Å². The summed E-state index contributed by atoms with van der Waals surface area (Å²) in [4.78, 5) is 0. The highest BCUT2D eigenvalue weighted by Gasteiger charge is 2.20. The number of aliphatic hydroxyl groups is 1. The molecular weight excluding hydrogens is 339 g/mol. The van der Waals surface area contributed by atoms with Crippen LogP contribution in [0.1, 0.15) is 37.4 Å². The Kier molecular flexibility index (Phi) is 5.36. The van der Waals surface area contributed by atoms with E-state index in [1.807, 2.05) is 0 Å². The first-order chi connectivity index (χ1) is 8.59. The lowest BCUT2D eigenvalue weighted by molar-refractivity contribution is 0.199. The second-order valence-corrected chi connectivity index (χ2v) is 7.09. The fourth-order valence-corrected chi connectivity index (χ4v) is 3.95. The molecule has 1 unspecified atom stereocenters. The summed E-state index contributed by atoms with van der Waals surface area (Å²) in [6, 6.07) is 3.26. The van der Waals surface area contributed by atoms with Gasteiger partial charge in [-0.05, 0) is 34.8 Å².